The lowest BCUT2D eigenvalue weighted by Crippen LogP contribution is -2.26. The molecule has 0 aliphatic rings. The fourth-order valence-electron chi connectivity index (χ4n) is 2.07. The molecule has 0 fully saturated rings. The van der Waals surface area contributed by atoms with Crippen molar-refractivity contribution in [3.05, 3.63) is 53.9 Å². The summed E-state index contributed by atoms with van der Waals surface area (Å²) in [6.07, 6.45) is 4.06. The van der Waals surface area contributed by atoms with Gasteiger partial charge >= 0.3 is 0 Å². The molecular weight excluding hydrogens is 286 g/mol. The minimum atomic E-state index is -3.55. The molecule has 0 atom stereocenters. The van der Waals surface area contributed by atoms with Gasteiger partial charge < -0.3 is 5.73 Å². The second-order valence-electron chi connectivity index (χ2n) is 4.83. The highest BCUT2D eigenvalue weighted by Crippen LogP contribution is 2.22. The highest BCUT2D eigenvalue weighted by Gasteiger charge is 2.21. The zero-order valence-corrected chi connectivity index (χ0v) is 13.0. The van der Waals surface area contributed by atoms with Crippen molar-refractivity contribution in [3.8, 4) is 0 Å². The van der Waals surface area contributed by atoms with E-state index in [1.54, 1.807) is 43.7 Å². The van der Waals surface area contributed by atoms with Crippen molar-refractivity contribution in [2.45, 2.75) is 24.8 Å². The molecule has 112 valence electrons. The fourth-order valence-corrected chi connectivity index (χ4v) is 3.26. The first-order valence-electron chi connectivity index (χ1n) is 6.68. The van der Waals surface area contributed by atoms with Crippen LogP contribution in [0, 0.1) is 0 Å². The van der Waals surface area contributed by atoms with Gasteiger partial charge in [-0.3, -0.25) is 4.98 Å². The molecule has 0 unspecified atom stereocenters. The van der Waals surface area contributed by atoms with E-state index >= 15 is 0 Å². The number of anilines is 1. The zero-order valence-electron chi connectivity index (χ0n) is 12.2. The Morgan fingerprint density at radius 3 is 2.43 bits per heavy atom. The summed E-state index contributed by atoms with van der Waals surface area (Å²) in [5.41, 5.74) is 8.23. The Balaban J connectivity index is 2.27. The van der Waals surface area contributed by atoms with E-state index in [9.17, 15) is 8.42 Å². The Labute approximate surface area is 125 Å². The zero-order chi connectivity index (χ0) is 15.5. The molecule has 21 heavy (non-hydrogen) atoms. The van der Waals surface area contributed by atoms with Gasteiger partial charge in [-0.15, -0.1) is 0 Å². The molecule has 2 aromatic rings. The maximum atomic E-state index is 12.5. The minimum Gasteiger partial charge on any atom is -0.398 e. The normalized spacial score (nSPS) is 11.8. The molecule has 0 saturated carbocycles. The number of nitrogens with two attached hydrogens (primary N) is 1. The summed E-state index contributed by atoms with van der Waals surface area (Å²) in [6.45, 7) is 2.27. The van der Waals surface area contributed by atoms with Crippen LogP contribution in [0.5, 0.6) is 0 Å². The number of pyridine rings is 1. The Hall–Kier alpha value is -1.92. The number of sulfonamides is 1. The number of aromatic nitrogens is 1. The van der Waals surface area contributed by atoms with Gasteiger partial charge in [0, 0.05) is 31.7 Å². The first-order valence-corrected chi connectivity index (χ1v) is 8.12. The van der Waals surface area contributed by atoms with Crippen LogP contribution in [0.4, 0.5) is 5.69 Å². The van der Waals surface area contributed by atoms with Crippen molar-refractivity contribution >= 4 is 15.7 Å². The fraction of sp³-hybridized carbons (Fsp3) is 0.267. The van der Waals surface area contributed by atoms with E-state index in [1.807, 2.05) is 6.92 Å². The third-order valence-electron chi connectivity index (χ3n) is 3.36. The van der Waals surface area contributed by atoms with E-state index in [2.05, 4.69) is 4.98 Å². The second kappa shape index (κ2) is 6.24. The van der Waals surface area contributed by atoms with Crippen molar-refractivity contribution in [1.29, 1.82) is 0 Å². The van der Waals surface area contributed by atoms with Gasteiger partial charge in [0.25, 0.3) is 0 Å². The van der Waals surface area contributed by atoms with Crippen LogP contribution in [0.3, 0.4) is 0 Å². The summed E-state index contributed by atoms with van der Waals surface area (Å²) >= 11 is 0. The van der Waals surface area contributed by atoms with Crippen LogP contribution in [0.15, 0.2) is 47.6 Å². The molecule has 0 aliphatic heterocycles. The summed E-state index contributed by atoms with van der Waals surface area (Å²) in [5, 5.41) is 0. The molecule has 5 nitrogen and oxygen atoms in total. The summed E-state index contributed by atoms with van der Waals surface area (Å²) in [4.78, 5) is 4.14. The summed E-state index contributed by atoms with van der Waals surface area (Å²) in [5.74, 6) is 0. The van der Waals surface area contributed by atoms with Crippen molar-refractivity contribution in [2.24, 2.45) is 0 Å². The highest BCUT2D eigenvalue weighted by molar-refractivity contribution is 7.89. The van der Waals surface area contributed by atoms with Crippen molar-refractivity contribution in [1.82, 2.24) is 9.29 Å². The Morgan fingerprint density at radius 2 is 1.86 bits per heavy atom. The topological polar surface area (TPSA) is 76.3 Å². The van der Waals surface area contributed by atoms with Crippen LogP contribution < -0.4 is 5.73 Å². The molecule has 0 spiro atoms. The monoisotopic (exact) mass is 305 g/mol. The maximum absolute atomic E-state index is 12.5. The van der Waals surface area contributed by atoms with E-state index in [1.165, 1.54) is 10.4 Å². The third-order valence-corrected chi connectivity index (χ3v) is 5.16. The van der Waals surface area contributed by atoms with Gasteiger partial charge in [0.1, 0.15) is 0 Å². The smallest absolute Gasteiger partial charge is 0.243 e. The molecule has 0 saturated heterocycles. The molecule has 2 rings (SSSR count). The Morgan fingerprint density at radius 1 is 1.19 bits per heavy atom. The molecule has 1 heterocycles. The van der Waals surface area contributed by atoms with Crippen LogP contribution >= 0.6 is 0 Å². The van der Waals surface area contributed by atoms with Crippen LogP contribution in [0.2, 0.25) is 0 Å². The molecule has 0 aliphatic carbocycles. The molecule has 2 N–H and O–H groups in total. The van der Waals surface area contributed by atoms with E-state index in [0.29, 0.717) is 12.2 Å². The van der Waals surface area contributed by atoms with Crippen LogP contribution in [-0.4, -0.2) is 24.8 Å². The van der Waals surface area contributed by atoms with Crippen molar-refractivity contribution < 1.29 is 8.42 Å². The van der Waals surface area contributed by atoms with Gasteiger partial charge in [-0.1, -0.05) is 13.0 Å². The first-order chi connectivity index (χ1) is 9.95. The average molecular weight is 305 g/mol. The molecule has 0 bridgehead atoms. The molecule has 6 heteroatoms. The summed E-state index contributed by atoms with van der Waals surface area (Å²) in [6, 6.07) is 8.48. The third kappa shape index (κ3) is 3.40. The molecule has 1 aromatic heterocycles. The summed E-state index contributed by atoms with van der Waals surface area (Å²) in [7, 11) is -2.00. The lowest BCUT2D eigenvalue weighted by atomic mass is 10.1. The van der Waals surface area contributed by atoms with E-state index in [4.69, 9.17) is 5.73 Å². The van der Waals surface area contributed by atoms with Gasteiger partial charge in [-0.05, 0) is 41.8 Å². The minimum absolute atomic E-state index is 0.216. The number of hydrogen-bond donors (Lipinski definition) is 1. The van der Waals surface area contributed by atoms with Crippen LogP contribution in [0.25, 0.3) is 0 Å². The lowest BCUT2D eigenvalue weighted by Gasteiger charge is -2.18. The number of nitrogens with zero attached hydrogens (tertiary/aromatic N) is 2. The second-order valence-corrected chi connectivity index (χ2v) is 6.88. The molecule has 0 amide bonds. The van der Waals surface area contributed by atoms with Gasteiger partial charge in [0.05, 0.1) is 4.90 Å². The molecular formula is C15H19N3O2S. The van der Waals surface area contributed by atoms with Gasteiger partial charge in [-0.2, -0.15) is 4.31 Å². The predicted octanol–water partition coefficient (Wildman–Crippen LogP) is 2.05. The van der Waals surface area contributed by atoms with Crippen LogP contribution in [0.1, 0.15) is 18.1 Å². The lowest BCUT2D eigenvalue weighted by molar-refractivity contribution is 0.466. The van der Waals surface area contributed by atoms with Crippen molar-refractivity contribution in [3.63, 3.8) is 0 Å². The summed E-state index contributed by atoms with van der Waals surface area (Å²) < 4.78 is 26.4. The average Bonchev–Trinajstić information content (AvgIpc) is 2.48. The van der Waals surface area contributed by atoms with Gasteiger partial charge in [0.15, 0.2) is 0 Å². The van der Waals surface area contributed by atoms with E-state index in [0.717, 1.165) is 17.5 Å². The van der Waals surface area contributed by atoms with E-state index < -0.39 is 10.0 Å². The van der Waals surface area contributed by atoms with Gasteiger partial charge in [0.2, 0.25) is 10.0 Å². The highest BCUT2D eigenvalue weighted by atomic mass is 32.2. The standard InChI is InChI=1S/C15H19N3O2S/c1-3-13-4-5-14(10-15(13)16)21(19,20)18(2)11-12-6-8-17-9-7-12/h4-10H,3,11,16H2,1-2H3. The largest absolute Gasteiger partial charge is 0.398 e. The van der Waals surface area contributed by atoms with Crippen molar-refractivity contribution in [2.75, 3.05) is 12.8 Å². The number of rotatable bonds is 5. The Kier molecular flexibility index (Phi) is 4.59. The number of nitrogen functional groups attached to an aromatic ring is 1. The van der Waals surface area contributed by atoms with Gasteiger partial charge in [-0.25, -0.2) is 8.42 Å². The van der Waals surface area contributed by atoms with E-state index in [-0.39, 0.29) is 4.90 Å². The SMILES string of the molecule is CCc1ccc(S(=O)(=O)N(C)Cc2ccncc2)cc1N. The van der Waals surface area contributed by atoms with Crippen LogP contribution in [-0.2, 0) is 23.0 Å². The Bertz CT molecular complexity index is 715. The molecule has 1 aromatic carbocycles. The first kappa shape index (κ1) is 15.5. The quantitative estimate of drug-likeness (QED) is 0.858. The number of benzene rings is 1. The maximum Gasteiger partial charge on any atom is 0.243 e. The predicted molar refractivity (Wildman–Crippen MR) is 83.1 cm³/mol. The molecule has 0 radical (unpaired) electrons. The number of aryl methyl sites for hydroxylation is 1. The number of hydrogen-bond acceptors (Lipinski definition) is 4.